The van der Waals surface area contributed by atoms with E-state index in [1.54, 1.807) is 12.4 Å². The number of piperazine rings is 1. The zero-order valence-corrected chi connectivity index (χ0v) is 16.2. The SMILES string of the molecule is Cc1ccc(C)c(NC(=S)NCCN2CCN(c3ncccn3)CC2)c1. The quantitative estimate of drug-likeness (QED) is 0.783. The van der Waals surface area contributed by atoms with Crippen molar-refractivity contribution in [2.24, 2.45) is 0 Å². The van der Waals surface area contributed by atoms with Crippen molar-refractivity contribution < 1.29 is 0 Å². The largest absolute Gasteiger partial charge is 0.361 e. The van der Waals surface area contributed by atoms with Crippen LogP contribution in [0.5, 0.6) is 0 Å². The van der Waals surface area contributed by atoms with E-state index in [9.17, 15) is 0 Å². The number of nitrogens with one attached hydrogen (secondary N) is 2. The third-order valence-electron chi connectivity index (χ3n) is 4.56. The van der Waals surface area contributed by atoms with Gasteiger partial charge in [0.1, 0.15) is 0 Å². The van der Waals surface area contributed by atoms with Crippen molar-refractivity contribution >= 4 is 29.0 Å². The Morgan fingerprint density at radius 1 is 1.12 bits per heavy atom. The van der Waals surface area contributed by atoms with Gasteiger partial charge in [0, 0.05) is 57.3 Å². The van der Waals surface area contributed by atoms with E-state index in [1.165, 1.54) is 11.1 Å². The minimum Gasteiger partial charge on any atom is -0.361 e. The number of anilines is 2. The smallest absolute Gasteiger partial charge is 0.225 e. The Balaban J connectivity index is 1.38. The van der Waals surface area contributed by atoms with Crippen LogP contribution in [0.1, 0.15) is 11.1 Å². The van der Waals surface area contributed by atoms with Gasteiger partial charge in [0.05, 0.1) is 0 Å². The van der Waals surface area contributed by atoms with Crippen LogP contribution >= 0.6 is 12.2 Å². The number of hydrogen-bond donors (Lipinski definition) is 2. The van der Waals surface area contributed by atoms with E-state index in [0.717, 1.165) is 50.9 Å². The Labute approximate surface area is 160 Å². The van der Waals surface area contributed by atoms with Gasteiger partial charge in [0.25, 0.3) is 0 Å². The number of nitrogens with zero attached hydrogens (tertiary/aromatic N) is 4. The van der Waals surface area contributed by atoms with Crippen molar-refractivity contribution in [2.75, 3.05) is 49.5 Å². The van der Waals surface area contributed by atoms with Crippen LogP contribution in [0.3, 0.4) is 0 Å². The molecule has 6 nitrogen and oxygen atoms in total. The van der Waals surface area contributed by atoms with Gasteiger partial charge in [-0.05, 0) is 49.3 Å². The summed E-state index contributed by atoms with van der Waals surface area (Å²) in [5.41, 5.74) is 3.49. The van der Waals surface area contributed by atoms with Crippen molar-refractivity contribution in [1.29, 1.82) is 0 Å². The summed E-state index contributed by atoms with van der Waals surface area (Å²) in [6, 6.07) is 8.18. The van der Waals surface area contributed by atoms with E-state index in [4.69, 9.17) is 12.2 Å². The summed E-state index contributed by atoms with van der Waals surface area (Å²) in [5.74, 6) is 0.823. The second-order valence-corrected chi connectivity index (χ2v) is 6.99. The monoisotopic (exact) mass is 370 g/mol. The zero-order valence-electron chi connectivity index (χ0n) is 15.4. The van der Waals surface area contributed by atoms with Crippen LogP contribution in [0, 0.1) is 13.8 Å². The van der Waals surface area contributed by atoms with E-state index in [-0.39, 0.29) is 0 Å². The van der Waals surface area contributed by atoms with Gasteiger partial charge >= 0.3 is 0 Å². The van der Waals surface area contributed by atoms with Gasteiger partial charge in [0.2, 0.25) is 5.95 Å². The summed E-state index contributed by atoms with van der Waals surface area (Å²) in [6.07, 6.45) is 3.59. The number of aryl methyl sites for hydroxylation is 2. The Morgan fingerprint density at radius 2 is 1.85 bits per heavy atom. The van der Waals surface area contributed by atoms with Crippen LogP contribution in [0.4, 0.5) is 11.6 Å². The van der Waals surface area contributed by atoms with E-state index < -0.39 is 0 Å². The molecule has 0 bridgehead atoms. The first-order chi connectivity index (χ1) is 12.6. The molecule has 1 aliphatic heterocycles. The third-order valence-corrected chi connectivity index (χ3v) is 4.81. The molecule has 0 saturated carbocycles. The fraction of sp³-hybridized carbons (Fsp3) is 0.421. The van der Waals surface area contributed by atoms with Gasteiger partial charge in [-0.1, -0.05) is 12.1 Å². The normalized spacial score (nSPS) is 14.9. The van der Waals surface area contributed by atoms with Gasteiger partial charge in [-0.2, -0.15) is 0 Å². The molecular weight excluding hydrogens is 344 g/mol. The highest BCUT2D eigenvalue weighted by Gasteiger charge is 2.18. The van der Waals surface area contributed by atoms with Crippen LogP contribution in [0.25, 0.3) is 0 Å². The molecule has 0 aliphatic carbocycles. The Bertz CT molecular complexity index is 728. The minimum atomic E-state index is 0.676. The third kappa shape index (κ3) is 5.12. The molecular formula is C19H26N6S. The second-order valence-electron chi connectivity index (χ2n) is 6.58. The molecule has 2 N–H and O–H groups in total. The Hall–Kier alpha value is -2.25. The molecule has 1 saturated heterocycles. The number of rotatable bonds is 5. The lowest BCUT2D eigenvalue weighted by atomic mass is 10.1. The molecule has 0 atom stereocenters. The molecule has 0 unspecified atom stereocenters. The highest BCUT2D eigenvalue weighted by molar-refractivity contribution is 7.80. The van der Waals surface area contributed by atoms with E-state index >= 15 is 0 Å². The van der Waals surface area contributed by atoms with Gasteiger partial charge in [-0.15, -0.1) is 0 Å². The molecule has 0 spiro atoms. The average Bonchev–Trinajstić information content (AvgIpc) is 2.66. The summed E-state index contributed by atoms with van der Waals surface area (Å²) in [5, 5.41) is 7.28. The summed E-state index contributed by atoms with van der Waals surface area (Å²) >= 11 is 5.42. The van der Waals surface area contributed by atoms with Crippen LogP contribution in [0.2, 0.25) is 0 Å². The van der Waals surface area contributed by atoms with Crippen LogP contribution in [-0.4, -0.2) is 59.2 Å². The molecule has 2 aromatic rings. The first-order valence-corrected chi connectivity index (χ1v) is 9.39. The molecule has 3 rings (SSSR count). The molecule has 138 valence electrons. The van der Waals surface area contributed by atoms with Crippen molar-refractivity contribution in [3.05, 3.63) is 47.8 Å². The van der Waals surface area contributed by atoms with Crippen molar-refractivity contribution in [1.82, 2.24) is 20.2 Å². The van der Waals surface area contributed by atoms with Crippen LogP contribution < -0.4 is 15.5 Å². The maximum absolute atomic E-state index is 5.42. The Kier molecular flexibility index (Phi) is 6.35. The van der Waals surface area contributed by atoms with Gasteiger partial charge in [0.15, 0.2) is 5.11 Å². The topological polar surface area (TPSA) is 56.3 Å². The molecule has 26 heavy (non-hydrogen) atoms. The van der Waals surface area contributed by atoms with Crippen molar-refractivity contribution in [2.45, 2.75) is 13.8 Å². The number of aromatic nitrogens is 2. The fourth-order valence-electron chi connectivity index (χ4n) is 2.99. The average molecular weight is 371 g/mol. The van der Waals surface area contributed by atoms with Gasteiger partial charge in [-0.25, -0.2) is 9.97 Å². The number of hydrogen-bond acceptors (Lipinski definition) is 5. The molecule has 0 radical (unpaired) electrons. The lowest BCUT2D eigenvalue weighted by Gasteiger charge is -2.34. The highest BCUT2D eigenvalue weighted by Crippen LogP contribution is 2.16. The fourth-order valence-corrected chi connectivity index (χ4v) is 3.20. The lowest BCUT2D eigenvalue weighted by molar-refractivity contribution is 0.260. The van der Waals surface area contributed by atoms with E-state index in [0.29, 0.717) is 5.11 Å². The second kappa shape index (κ2) is 8.91. The van der Waals surface area contributed by atoms with E-state index in [1.807, 2.05) is 6.07 Å². The Morgan fingerprint density at radius 3 is 2.58 bits per heavy atom. The maximum atomic E-state index is 5.42. The molecule has 0 amide bonds. The molecule has 1 aliphatic rings. The van der Waals surface area contributed by atoms with E-state index in [2.05, 4.69) is 62.4 Å². The standard InChI is InChI=1S/C19H26N6S/c1-15-4-5-16(2)17(14-15)23-19(26)22-8-9-24-10-12-25(13-11-24)18-20-6-3-7-21-18/h3-7,14H,8-13H2,1-2H3,(H2,22,23,26). The minimum absolute atomic E-state index is 0.676. The van der Waals surface area contributed by atoms with Crippen LogP contribution in [-0.2, 0) is 0 Å². The first kappa shape index (κ1) is 18.5. The zero-order chi connectivity index (χ0) is 18.4. The molecule has 1 aromatic heterocycles. The molecule has 1 aromatic carbocycles. The van der Waals surface area contributed by atoms with Gasteiger partial charge < -0.3 is 15.5 Å². The van der Waals surface area contributed by atoms with Gasteiger partial charge in [-0.3, -0.25) is 4.90 Å². The van der Waals surface area contributed by atoms with Crippen LogP contribution in [0.15, 0.2) is 36.7 Å². The maximum Gasteiger partial charge on any atom is 0.225 e. The summed E-state index contributed by atoms with van der Waals surface area (Å²) in [4.78, 5) is 13.3. The molecule has 2 heterocycles. The van der Waals surface area contributed by atoms with Crippen molar-refractivity contribution in [3.8, 4) is 0 Å². The predicted molar refractivity (Wildman–Crippen MR) is 111 cm³/mol. The summed E-state index contributed by atoms with van der Waals surface area (Å²) < 4.78 is 0. The number of benzene rings is 1. The summed E-state index contributed by atoms with van der Waals surface area (Å²) in [6.45, 7) is 9.90. The summed E-state index contributed by atoms with van der Waals surface area (Å²) in [7, 11) is 0. The molecule has 1 fully saturated rings. The van der Waals surface area contributed by atoms with Crippen molar-refractivity contribution in [3.63, 3.8) is 0 Å². The molecule has 7 heteroatoms. The predicted octanol–water partition coefficient (Wildman–Crippen LogP) is 2.20. The lowest BCUT2D eigenvalue weighted by Crippen LogP contribution is -2.49. The number of thiocarbonyl (C=S) groups is 1. The highest BCUT2D eigenvalue weighted by atomic mass is 32.1. The first-order valence-electron chi connectivity index (χ1n) is 8.98.